The number of ether oxygens (including phenoxy) is 1. The maximum Gasteiger partial charge on any atom is 0.256 e. The molecule has 0 saturated carbocycles. The lowest BCUT2D eigenvalue weighted by molar-refractivity contribution is 0.369. The van der Waals surface area contributed by atoms with Crippen molar-refractivity contribution >= 4 is 29.0 Å². The van der Waals surface area contributed by atoms with Gasteiger partial charge in [-0.15, -0.1) is 5.10 Å². The topological polar surface area (TPSA) is 94.3 Å². The van der Waals surface area contributed by atoms with Gasteiger partial charge in [-0.25, -0.2) is 13.5 Å². The number of hydrogen-bond donors (Lipinski definition) is 3. The zero-order chi connectivity index (χ0) is 21.0. The fourth-order valence-corrected chi connectivity index (χ4v) is 3.11. The van der Waals surface area contributed by atoms with E-state index >= 15 is 0 Å². The predicted molar refractivity (Wildman–Crippen MR) is 108 cm³/mol. The number of nitrogens with zero attached hydrogens (tertiary/aromatic N) is 5. The van der Waals surface area contributed by atoms with Crippen LogP contribution in [-0.4, -0.2) is 71.4 Å². The Kier molecular flexibility index (Phi) is 6.42. The van der Waals surface area contributed by atoms with Gasteiger partial charge >= 0.3 is 0 Å². The molecule has 1 aliphatic heterocycles. The molecule has 0 amide bonds. The summed E-state index contributed by atoms with van der Waals surface area (Å²) >= 11 is 4.88. The second-order valence-corrected chi connectivity index (χ2v) is 6.70. The Balaban J connectivity index is 1.72. The highest BCUT2D eigenvalue weighted by atomic mass is 32.1. The van der Waals surface area contributed by atoms with E-state index in [4.69, 9.17) is 22.4 Å². The molecule has 9 nitrogen and oxygen atoms in total. The molecule has 12 heteroatoms. The summed E-state index contributed by atoms with van der Waals surface area (Å²) in [5.74, 6) is -1.05. The van der Waals surface area contributed by atoms with Crippen LogP contribution in [0.2, 0.25) is 0 Å². The number of aromatic nitrogens is 3. The Hall–Kier alpha value is -3.02. The number of thiocarbonyl (C=S) groups is 1. The van der Waals surface area contributed by atoms with Crippen LogP contribution >= 0.6 is 12.2 Å². The maximum absolute atomic E-state index is 14.8. The third kappa shape index (κ3) is 4.70. The Bertz CT molecular complexity index is 874. The first-order valence-corrected chi connectivity index (χ1v) is 9.32. The number of halogens is 2. The molecule has 1 aliphatic rings. The van der Waals surface area contributed by atoms with Crippen molar-refractivity contribution in [1.82, 2.24) is 30.5 Å². The van der Waals surface area contributed by atoms with Gasteiger partial charge in [0.25, 0.3) is 5.17 Å². The van der Waals surface area contributed by atoms with Crippen molar-refractivity contribution in [1.29, 1.82) is 5.41 Å². The normalized spacial score (nSPS) is 13.9. The Morgan fingerprint density at radius 3 is 2.48 bits per heavy atom. The fourth-order valence-electron chi connectivity index (χ4n) is 3.04. The molecule has 1 aromatic heterocycles. The molecular weight excluding hydrogens is 402 g/mol. The van der Waals surface area contributed by atoms with Gasteiger partial charge in [0.15, 0.2) is 17.6 Å². The molecule has 0 radical (unpaired) electrons. The lowest BCUT2D eigenvalue weighted by atomic mass is 10.2. The average Bonchev–Trinajstić information content (AvgIpc) is 3.20. The van der Waals surface area contributed by atoms with Gasteiger partial charge in [-0.2, -0.15) is 0 Å². The molecule has 3 rings (SSSR count). The van der Waals surface area contributed by atoms with Crippen LogP contribution in [0.15, 0.2) is 18.3 Å². The van der Waals surface area contributed by atoms with Crippen molar-refractivity contribution < 1.29 is 13.5 Å². The number of nitrogens with one attached hydrogen (secondary N) is 3. The molecule has 0 unspecified atom stereocenters. The summed E-state index contributed by atoms with van der Waals surface area (Å²) in [4.78, 5) is 3.47. The van der Waals surface area contributed by atoms with E-state index in [2.05, 4.69) is 20.9 Å². The number of hydrogen-bond acceptors (Lipinski definition) is 6. The van der Waals surface area contributed by atoms with Crippen LogP contribution in [0.4, 0.5) is 14.5 Å². The molecule has 1 aromatic carbocycles. The molecule has 1 fully saturated rings. The molecule has 1 saturated heterocycles. The van der Waals surface area contributed by atoms with Gasteiger partial charge in [0.1, 0.15) is 11.4 Å². The van der Waals surface area contributed by atoms with E-state index in [-0.39, 0.29) is 23.1 Å². The molecular formula is C17H22F2N8OS. The van der Waals surface area contributed by atoms with Crippen molar-refractivity contribution in [3.63, 3.8) is 0 Å². The third-order valence-electron chi connectivity index (χ3n) is 4.56. The number of rotatable bonds is 4. The molecule has 156 valence electrons. The largest absolute Gasteiger partial charge is 0.474 e. The molecule has 0 spiro atoms. The van der Waals surface area contributed by atoms with E-state index in [0.717, 1.165) is 0 Å². The number of methoxy groups -OCH3 is 1. The molecule has 3 N–H and O–H groups in total. The van der Waals surface area contributed by atoms with Crippen molar-refractivity contribution in [2.24, 2.45) is 0 Å². The van der Waals surface area contributed by atoms with E-state index in [0.29, 0.717) is 37.8 Å². The monoisotopic (exact) mass is 424 g/mol. The van der Waals surface area contributed by atoms with Crippen LogP contribution in [0, 0.1) is 17.0 Å². The summed E-state index contributed by atoms with van der Waals surface area (Å²) in [5, 5.41) is 21.5. The zero-order valence-electron chi connectivity index (χ0n) is 16.1. The summed E-state index contributed by atoms with van der Waals surface area (Å²) in [6.07, 6.45) is 1.56. The van der Waals surface area contributed by atoms with Crippen molar-refractivity contribution in [3.8, 4) is 5.69 Å². The molecule has 2 heterocycles. The summed E-state index contributed by atoms with van der Waals surface area (Å²) in [5.41, 5.74) is 0.696. The number of benzene rings is 1. The van der Waals surface area contributed by atoms with Gasteiger partial charge in [-0.05, 0) is 12.2 Å². The highest BCUT2D eigenvalue weighted by Gasteiger charge is 2.24. The molecule has 2 aromatic rings. The highest BCUT2D eigenvalue weighted by molar-refractivity contribution is 7.80. The smallest absolute Gasteiger partial charge is 0.256 e. The number of anilines is 1. The van der Waals surface area contributed by atoms with Gasteiger partial charge in [0.05, 0.1) is 25.5 Å². The van der Waals surface area contributed by atoms with Gasteiger partial charge in [-0.1, -0.05) is 5.21 Å². The maximum atomic E-state index is 14.8. The molecule has 0 atom stereocenters. The molecule has 0 bridgehead atoms. The van der Waals surface area contributed by atoms with Crippen LogP contribution in [-0.2, 0) is 11.3 Å². The minimum absolute atomic E-state index is 0.0724. The first kappa shape index (κ1) is 20.7. The second kappa shape index (κ2) is 8.99. The summed E-state index contributed by atoms with van der Waals surface area (Å²) in [6.45, 7) is 2.11. The van der Waals surface area contributed by atoms with E-state index in [1.807, 2.05) is 4.90 Å². The van der Waals surface area contributed by atoms with Crippen molar-refractivity contribution in [2.45, 2.75) is 6.54 Å². The van der Waals surface area contributed by atoms with Gasteiger partial charge < -0.3 is 25.2 Å². The molecule has 29 heavy (non-hydrogen) atoms. The quantitative estimate of drug-likeness (QED) is 0.378. The van der Waals surface area contributed by atoms with Crippen molar-refractivity contribution in [3.05, 3.63) is 35.7 Å². The van der Waals surface area contributed by atoms with Crippen LogP contribution in [0.25, 0.3) is 5.69 Å². The standard InChI is InChI=1S/C17H22F2N8OS/c1-21-16(20)26-5-3-25(4-6-26)15-13(18)7-12(8-14(15)19)27-10-11(23-24-27)9-22-17(29)28-2/h7-8,10H,3-6,9H2,1-2H3,(H2,20,21)(H,22,29). The first-order valence-electron chi connectivity index (χ1n) is 8.91. The van der Waals surface area contributed by atoms with Gasteiger partial charge in [-0.3, -0.25) is 5.41 Å². The van der Waals surface area contributed by atoms with E-state index in [9.17, 15) is 8.78 Å². The Morgan fingerprint density at radius 1 is 1.24 bits per heavy atom. The predicted octanol–water partition coefficient (Wildman–Crippen LogP) is 0.843. The first-order chi connectivity index (χ1) is 13.9. The highest BCUT2D eigenvalue weighted by Crippen LogP contribution is 2.27. The van der Waals surface area contributed by atoms with E-state index < -0.39 is 11.6 Å². The zero-order valence-corrected chi connectivity index (χ0v) is 16.9. The third-order valence-corrected chi connectivity index (χ3v) is 4.87. The van der Waals surface area contributed by atoms with Gasteiger partial charge in [0.2, 0.25) is 0 Å². The van der Waals surface area contributed by atoms with Crippen LogP contribution in [0.1, 0.15) is 5.69 Å². The lowest BCUT2D eigenvalue weighted by Gasteiger charge is -2.37. The SMILES string of the molecule is CNC(=N)N1CCN(c2c(F)cc(-n3cc(CNC(=S)OC)nn3)cc2F)CC1. The number of guanidine groups is 1. The Morgan fingerprint density at radius 2 is 1.90 bits per heavy atom. The Labute approximate surface area is 172 Å². The van der Waals surface area contributed by atoms with Gasteiger partial charge in [0, 0.05) is 45.4 Å². The van der Waals surface area contributed by atoms with E-state index in [1.54, 1.807) is 18.1 Å². The number of piperazine rings is 1. The summed E-state index contributed by atoms with van der Waals surface area (Å²) in [7, 11) is 3.12. The minimum Gasteiger partial charge on any atom is -0.474 e. The van der Waals surface area contributed by atoms with Crippen LogP contribution < -0.4 is 15.5 Å². The minimum atomic E-state index is -0.673. The average molecular weight is 424 g/mol. The van der Waals surface area contributed by atoms with Crippen molar-refractivity contribution in [2.75, 3.05) is 45.2 Å². The lowest BCUT2D eigenvalue weighted by Crippen LogP contribution is -2.51. The van der Waals surface area contributed by atoms with Crippen LogP contribution in [0.5, 0.6) is 0 Å². The summed E-state index contributed by atoms with van der Waals surface area (Å²) in [6, 6.07) is 2.46. The summed E-state index contributed by atoms with van der Waals surface area (Å²) < 4.78 is 35.6. The fraction of sp³-hybridized carbons (Fsp3) is 0.412. The molecule has 0 aliphatic carbocycles. The second-order valence-electron chi connectivity index (χ2n) is 6.33. The van der Waals surface area contributed by atoms with Crippen LogP contribution in [0.3, 0.4) is 0 Å². The van der Waals surface area contributed by atoms with E-state index in [1.165, 1.54) is 23.9 Å².